The molecule has 0 spiro atoms. The van der Waals surface area contributed by atoms with Crippen molar-refractivity contribution in [2.24, 2.45) is 0 Å². The summed E-state index contributed by atoms with van der Waals surface area (Å²) < 4.78 is 16.9. The summed E-state index contributed by atoms with van der Waals surface area (Å²) in [7, 11) is 1.80. The Bertz CT molecular complexity index is 192. The zero-order valence-corrected chi connectivity index (χ0v) is 9.97. The number of nitrogens with one attached hydrogen (secondary N) is 1. The maximum absolute atomic E-state index is 11.9. The molecule has 0 aromatic heterocycles. The minimum atomic E-state index is -0.477. The standard InChI is InChI=1S/C10H21FN2O2/c1-10(2,3)15-9(14)12-6-8-13(4)7-5-11/h5-8H2,1-4H3,(H,12,14). The summed E-state index contributed by atoms with van der Waals surface area (Å²) in [6, 6.07) is 0. The summed E-state index contributed by atoms with van der Waals surface area (Å²) in [5, 5.41) is 2.60. The first-order chi connectivity index (χ1) is 6.85. The van der Waals surface area contributed by atoms with Gasteiger partial charge < -0.3 is 15.0 Å². The molecule has 0 atom stereocenters. The van der Waals surface area contributed by atoms with Crippen LogP contribution in [-0.2, 0) is 4.74 Å². The van der Waals surface area contributed by atoms with Crippen molar-refractivity contribution in [1.29, 1.82) is 0 Å². The van der Waals surface area contributed by atoms with Gasteiger partial charge in [0.2, 0.25) is 0 Å². The Morgan fingerprint density at radius 3 is 2.47 bits per heavy atom. The van der Waals surface area contributed by atoms with Gasteiger partial charge in [0.25, 0.3) is 0 Å². The van der Waals surface area contributed by atoms with Crippen molar-refractivity contribution in [3.05, 3.63) is 0 Å². The lowest BCUT2D eigenvalue weighted by atomic mass is 10.2. The first kappa shape index (κ1) is 14.2. The van der Waals surface area contributed by atoms with E-state index in [9.17, 15) is 9.18 Å². The highest BCUT2D eigenvalue weighted by molar-refractivity contribution is 5.67. The van der Waals surface area contributed by atoms with E-state index in [1.807, 2.05) is 20.8 Å². The second-order valence-corrected chi connectivity index (χ2v) is 4.42. The van der Waals surface area contributed by atoms with E-state index in [-0.39, 0.29) is 6.67 Å². The van der Waals surface area contributed by atoms with Crippen molar-refractivity contribution in [2.45, 2.75) is 26.4 Å². The highest BCUT2D eigenvalue weighted by Gasteiger charge is 2.15. The Morgan fingerprint density at radius 2 is 2.00 bits per heavy atom. The molecule has 0 rings (SSSR count). The van der Waals surface area contributed by atoms with Crippen LogP contribution in [0.5, 0.6) is 0 Å². The lowest BCUT2D eigenvalue weighted by Crippen LogP contribution is -2.37. The third-order valence-electron chi connectivity index (χ3n) is 1.63. The number of carbonyl (C=O) groups excluding carboxylic acids is 1. The number of ether oxygens (including phenoxy) is 1. The number of alkyl carbamates (subject to hydrolysis) is 1. The number of halogens is 1. The van der Waals surface area contributed by atoms with Crippen LogP contribution in [0.1, 0.15) is 20.8 Å². The molecule has 0 fully saturated rings. The Morgan fingerprint density at radius 1 is 1.40 bits per heavy atom. The van der Waals surface area contributed by atoms with Crippen LogP contribution in [0.25, 0.3) is 0 Å². The van der Waals surface area contributed by atoms with Gasteiger partial charge in [-0.1, -0.05) is 0 Å². The van der Waals surface area contributed by atoms with Crippen LogP contribution in [0.2, 0.25) is 0 Å². The minimum Gasteiger partial charge on any atom is -0.444 e. The van der Waals surface area contributed by atoms with Gasteiger partial charge in [-0.3, -0.25) is 0 Å². The minimum absolute atomic E-state index is 0.372. The van der Waals surface area contributed by atoms with Gasteiger partial charge in [-0.15, -0.1) is 0 Å². The highest BCUT2D eigenvalue weighted by Crippen LogP contribution is 2.05. The molecule has 0 aromatic rings. The van der Waals surface area contributed by atoms with Crippen LogP contribution in [0.4, 0.5) is 9.18 Å². The molecule has 0 saturated carbocycles. The first-order valence-corrected chi connectivity index (χ1v) is 5.06. The molecule has 1 amide bonds. The van der Waals surface area contributed by atoms with Gasteiger partial charge in [0.1, 0.15) is 12.3 Å². The lowest BCUT2D eigenvalue weighted by molar-refractivity contribution is 0.0523. The Balaban J connectivity index is 3.55. The second-order valence-electron chi connectivity index (χ2n) is 4.42. The molecule has 0 aliphatic heterocycles. The molecule has 15 heavy (non-hydrogen) atoms. The van der Waals surface area contributed by atoms with Gasteiger partial charge >= 0.3 is 6.09 Å². The van der Waals surface area contributed by atoms with Gasteiger partial charge in [0.15, 0.2) is 0 Å². The van der Waals surface area contributed by atoms with Crippen molar-refractivity contribution >= 4 is 6.09 Å². The van der Waals surface area contributed by atoms with E-state index in [0.717, 1.165) is 0 Å². The van der Waals surface area contributed by atoms with Crippen molar-refractivity contribution in [3.8, 4) is 0 Å². The van der Waals surface area contributed by atoms with Gasteiger partial charge in [-0.2, -0.15) is 0 Å². The largest absolute Gasteiger partial charge is 0.444 e. The Kier molecular flexibility index (Phi) is 6.24. The van der Waals surface area contributed by atoms with E-state index < -0.39 is 11.7 Å². The second kappa shape index (κ2) is 6.61. The predicted molar refractivity (Wildman–Crippen MR) is 57.7 cm³/mol. The fourth-order valence-electron chi connectivity index (χ4n) is 0.919. The topological polar surface area (TPSA) is 41.6 Å². The maximum Gasteiger partial charge on any atom is 0.407 e. The monoisotopic (exact) mass is 220 g/mol. The number of likely N-dealkylation sites (N-methyl/N-ethyl adjacent to an activating group) is 1. The average molecular weight is 220 g/mol. The molecule has 0 aromatic carbocycles. The van der Waals surface area contributed by atoms with E-state index >= 15 is 0 Å². The summed E-state index contributed by atoms with van der Waals surface area (Å²) in [6.45, 7) is 6.51. The average Bonchev–Trinajstić information content (AvgIpc) is 2.00. The van der Waals surface area contributed by atoms with E-state index in [0.29, 0.717) is 19.6 Å². The summed E-state index contributed by atoms with van der Waals surface area (Å²) in [4.78, 5) is 13.0. The number of nitrogens with zero attached hydrogens (tertiary/aromatic N) is 1. The maximum atomic E-state index is 11.9. The van der Waals surface area contributed by atoms with Crippen molar-refractivity contribution < 1.29 is 13.9 Å². The zero-order chi connectivity index (χ0) is 11.9. The van der Waals surface area contributed by atoms with Crippen molar-refractivity contribution in [3.63, 3.8) is 0 Å². The van der Waals surface area contributed by atoms with Crippen molar-refractivity contribution in [2.75, 3.05) is 33.4 Å². The van der Waals surface area contributed by atoms with Crippen LogP contribution >= 0.6 is 0 Å². The molecule has 1 N–H and O–H groups in total. The van der Waals surface area contributed by atoms with E-state index in [1.165, 1.54) is 0 Å². The number of rotatable bonds is 5. The van der Waals surface area contributed by atoms with Crippen LogP contribution in [0.3, 0.4) is 0 Å². The van der Waals surface area contributed by atoms with Gasteiger partial charge in [0.05, 0.1) is 0 Å². The van der Waals surface area contributed by atoms with Crippen LogP contribution in [0.15, 0.2) is 0 Å². The molecule has 0 radical (unpaired) electrons. The Labute approximate surface area is 90.8 Å². The summed E-state index contributed by atoms with van der Waals surface area (Å²) in [6.07, 6.45) is -0.434. The SMILES string of the molecule is CN(CCF)CCNC(=O)OC(C)(C)C. The fourth-order valence-corrected chi connectivity index (χ4v) is 0.919. The lowest BCUT2D eigenvalue weighted by Gasteiger charge is -2.20. The summed E-state index contributed by atoms with van der Waals surface area (Å²) in [5.41, 5.74) is -0.477. The van der Waals surface area contributed by atoms with Crippen LogP contribution in [0, 0.1) is 0 Å². The molecule has 5 heteroatoms. The normalized spacial score (nSPS) is 11.6. The summed E-state index contributed by atoms with van der Waals surface area (Å²) >= 11 is 0. The zero-order valence-electron chi connectivity index (χ0n) is 9.97. The Hall–Kier alpha value is -0.840. The van der Waals surface area contributed by atoms with Crippen molar-refractivity contribution in [1.82, 2.24) is 10.2 Å². The molecule has 0 aliphatic carbocycles. The van der Waals surface area contributed by atoms with Crippen LogP contribution < -0.4 is 5.32 Å². The quantitative estimate of drug-likeness (QED) is 0.761. The van der Waals surface area contributed by atoms with Crippen LogP contribution in [-0.4, -0.2) is 50.0 Å². The smallest absolute Gasteiger partial charge is 0.407 e. The highest BCUT2D eigenvalue weighted by atomic mass is 19.1. The third kappa shape index (κ3) is 9.46. The van der Waals surface area contributed by atoms with Gasteiger partial charge in [0, 0.05) is 19.6 Å². The van der Waals surface area contributed by atoms with Gasteiger partial charge in [-0.25, -0.2) is 9.18 Å². The molecule has 4 nitrogen and oxygen atoms in total. The van der Waals surface area contributed by atoms with E-state index in [1.54, 1.807) is 11.9 Å². The molecule has 90 valence electrons. The number of alkyl halides is 1. The molecule has 0 bridgehead atoms. The molecule has 0 unspecified atom stereocenters. The van der Waals surface area contributed by atoms with Gasteiger partial charge in [-0.05, 0) is 27.8 Å². The molecule has 0 saturated heterocycles. The molecular formula is C10H21FN2O2. The molecule has 0 heterocycles. The number of hydrogen-bond donors (Lipinski definition) is 1. The van der Waals surface area contributed by atoms with E-state index in [2.05, 4.69) is 5.32 Å². The number of hydrogen-bond acceptors (Lipinski definition) is 3. The van der Waals surface area contributed by atoms with E-state index in [4.69, 9.17) is 4.74 Å². The molecule has 0 aliphatic rings. The predicted octanol–water partition coefficient (Wildman–Crippen LogP) is 1.41. The number of carbonyl (C=O) groups is 1. The third-order valence-corrected chi connectivity index (χ3v) is 1.63. The first-order valence-electron chi connectivity index (χ1n) is 5.06. The summed E-state index contributed by atoms with van der Waals surface area (Å²) in [5.74, 6) is 0. The molecular weight excluding hydrogens is 199 g/mol. The fraction of sp³-hybridized carbons (Fsp3) is 0.900. The number of amides is 1.